The van der Waals surface area contributed by atoms with E-state index in [0.29, 0.717) is 29.0 Å². The minimum absolute atomic E-state index is 0.119. The molecular weight excluding hydrogens is 359 g/mol. The number of nitrogens with zero attached hydrogens (tertiary/aromatic N) is 2. The molecule has 0 aliphatic heterocycles. The standard InChI is InChI=1S/C19H32Cl2N2O2/c1-5-22(6-2)15-19(23(7-3)8-4)25-13-9-12-24-18-11-10-16(20)14-17(18)21/h10-11,14,19H,5-9,12-13,15H2,1-4H3. The molecule has 0 aliphatic rings. The summed E-state index contributed by atoms with van der Waals surface area (Å²) in [6, 6.07) is 5.26. The third-order valence-corrected chi connectivity index (χ3v) is 4.81. The predicted octanol–water partition coefficient (Wildman–Crippen LogP) is 4.79. The second kappa shape index (κ2) is 12.8. The van der Waals surface area contributed by atoms with E-state index in [1.807, 2.05) is 0 Å². The van der Waals surface area contributed by atoms with Gasteiger partial charge >= 0.3 is 0 Å². The largest absolute Gasteiger partial charge is 0.492 e. The van der Waals surface area contributed by atoms with Crippen LogP contribution in [0.25, 0.3) is 0 Å². The predicted molar refractivity (Wildman–Crippen MR) is 107 cm³/mol. The molecule has 1 rings (SSSR count). The van der Waals surface area contributed by atoms with Crippen LogP contribution in [-0.2, 0) is 4.74 Å². The van der Waals surface area contributed by atoms with Crippen molar-refractivity contribution in [2.45, 2.75) is 40.3 Å². The Hall–Kier alpha value is -0.520. The first kappa shape index (κ1) is 22.5. The summed E-state index contributed by atoms with van der Waals surface area (Å²) in [5.41, 5.74) is 0. The molecule has 144 valence electrons. The zero-order chi connectivity index (χ0) is 18.7. The van der Waals surface area contributed by atoms with Crippen LogP contribution < -0.4 is 4.74 Å². The van der Waals surface area contributed by atoms with Crippen LogP contribution in [-0.4, -0.2) is 62.0 Å². The number of hydrogen-bond donors (Lipinski definition) is 0. The first-order valence-corrected chi connectivity index (χ1v) is 9.97. The van der Waals surface area contributed by atoms with Gasteiger partial charge in [0.1, 0.15) is 12.0 Å². The van der Waals surface area contributed by atoms with Crippen LogP contribution in [0, 0.1) is 0 Å². The van der Waals surface area contributed by atoms with Crippen molar-refractivity contribution in [2.75, 3.05) is 45.9 Å². The summed E-state index contributed by atoms with van der Waals surface area (Å²) >= 11 is 12.0. The summed E-state index contributed by atoms with van der Waals surface area (Å²) in [4.78, 5) is 4.75. The molecule has 0 amide bonds. The number of likely N-dealkylation sites (N-methyl/N-ethyl adjacent to an activating group) is 2. The van der Waals surface area contributed by atoms with E-state index in [-0.39, 0.29) is 6.23 Å². The number of rotatable bonds is 13. The average Bonchev–Trinajstić information content (AvgIpc) is 2.61. The van der Waals surface area contributed by atoms with Crippen LogP contribution in [0.15, 0.2) is 18.2 Å². The van der Waals surface area contributed by atoms with Gasteiger partial charge in [-0.1, -0.05) is 50.9 Å². The Balaban J connectivity index is 2.42. The third-order valence-electron chi connectivity index (χ3n) is 4.28. The zero-order valence-electron chi connectivity index (χ0n) is 15.9. The van der Waals surface area contributed by atoms with Crippen molar-refractivity contribution >= 4 is 23.2 Å². The lowest BCUT2D eigenvalue weighted by Gasteiger charge is -2.33. The molecule has 0 aliphatic carbocycles. The highest BCUT2D eigenvalue weighted by Crippen LogP contribution is 2.27. The normalized spacial score (nSPS) is 12.8. The third kappa shape index (κ3) is 8.14. The first-order valence-electron chi connectivity index (χ1n) is 9.21. The van der Waals surface area contributed by atoms with E-state index in [2.05, 4.69) is 37.5 Å². The molecule has 25 heavy (non-hydrogen) atoms. The van der Waals surface area contributed by atoms with Crippen molar-refractivity contribution < 1.29 is 9.47 Å². The molecule has 0 saturated carbocycles. The molecule has 6 heteroatoms. The molecule has 1 aromatic carbocycles. The summed E-state index contributed by atoms with van der Waals surface area (Å²) in [5.74, 6) is 0.662. The lowest BCUT2D eigenvalue weighted by molar-refractivity contribution is -0.0733. The van der Waals surface area contributed by atoms with E-state index in [4.69, 9.17) is 32.7 Å². The highest BCUT2D eigenvalue weighted by Gasteiger charge is 2.18. The molecule has 1 aromatic rings. The summed E-state index contributed by atoms with van der Waals surface area (Å²) < 4.78 is 11.9. The van der Waals surface area contributed by atoms with Crippen molar-refractivity contribution in [1.29, 1.82) is 0 Å². The zero-order valence-corrected chi connectivity index (χ0v) is 17.4. The van der Waals surface area contributed by atoms with E-state index >= 15 is 0 Å². The van der Waals surface area contributed by atoms with Gasteiger partial charge in [-0.2, -0.15) is 0 Å². The maximum atomic E-state index is 6.16. The number of halogens is 2. The first-order chi connectivity index (χ1) is 12.0. The van der Waals surface area contributed by atoms with Crippen molar-refractivity contribution in [3.8, 4) is 5.75 Å². The molecule has 0 spiro atoms. The van der Waals surface area contributed by atoms with Gasteiger partial charge in [0.25, 0.3) is 0 Å². The summed E-state index contributed by atoms with van der Waals surface area (Å²) in [7, 11) is 0. The smallest absolute Gasteiger partial charge is 0.137 e. The quantitative estimate of drug-likeness (QED) is 0.357. The molecule has 4 nitrogen and oxygen atoms in total. The molecule has 0 saturated heterocycles. The van der Waals surface area contributed by atoms with Crippen LogP contribution in [0.4, 0.5) is 0 Å². The van der Waals surface area contributed by atoms with Crippen LogP contribution in [0.2, 0.25) is 10.0 Å². The maximum Gasteiger partial charge on any atom is 0.137 e. The Labute approximate surface area is 163 Å². The molecular formula is C19H32Cl2N2O2. The van der Waals surface area contributed by atoms with Crippen molar-refractivity contribution in [3.05, 3.63) is 28.2 Å². The van der Waals surface area contributed by atoms with Crippen molar-refractivity contribution in [3.63, 3.8) is 0 Å². The molecule has 1 atom stereocenters. The Morgan fingerprint density at radius 3 is 2.20 bits per heavy atom. The van der Waals surface area contributed by atoms with E-state index in [1.54, 1.807) is 18.2 Å². The van der Waals surface area contributed by atoms with Gasteiger partial charge in [0.2, 0.25) is 0 Å². The Morgan fingerprint density at radius 1 is 0.960 bits per heavy atom. The van der Waals surface area contributed by atoms with Crippen LogP contribution in [0.5, 0.6) is 5.75 Å². The number of benzene rings is 1. The summed E-state index contributed by atoms with van der Waals surface area (Å²) in [5, 5.41) is 1.15. The van der Waals surface area contributed by atoms with Gasteiger partial charge in [-0.15, -0.1) is 0 Å². The molecule has 0 aromatic heterocycles. The Kier molecular flexibility index (Phi) is 11.5. The highest BCUT2D eigenvalue weighted by molar-refractivity contribution is 6.35. The van der Waals surface area contributed by atoms with Gasteiger partial charge in [0.15, 0.2) is 0 Å². The summed E-state index contributed by atoms with van der Waals surface area (Å²) in [6.45, 7) is 14.9. The maximum absolute atomic E-state index is 6.16. The van der Waals surface area contributed by atoms with E-state index in [9.17, 15) is 0 Å². The van der Waals surface area contributed by atoms with Crippen molar-refractivity contribution in [2.24, 2.45) is 0 Å². The van der Waals surface area contributed by atoms with Crippen molar-refractivity contribution in [1.82, 2.24) is 9.80 Å². The SMILES string of the molecule is CCN(CC)CC(OCCCOc1ccc(Cl)cc1Cl)N(CC)CC. The Bertz CT molecular complexity index is 480. The lowest BCUT2D eigenvalue weighted by atomic mass is 10.3. The second-order valence-electron chi connectivity index (χ2n) is 5.81. The molecule has 0 radical (unpaired) electrons. The topological polar surface area (TPSA) is 24.9 Å². The van der Waals surface area contributed by atoms with Gasteiger partial charge in [-0.25, -0.2) is 0 Å². The van der Waals surface area contributed by atoms with E-state index in [1.165, 1.54) is 0 Å². The van der Waals surface area contributed by atoms with Gasteiger partial charge in [0, 0.05) is 18.0 Å². The average molecular weight is 391 g/mol. The molecule has 1 unspecified atom stereocenters. The fraction of sp³-hybridized carbons (Fsp3) is 0.684. The number of ether oxygens (including phenoxy) is 2. The monoisotopic (exact) mass is 390 g/mol. The van der Waals surface area contributed by atoms with Crippen LogP contribution in [0.1, 0.15) is 34.1 Å². The number of hydrogen-bond acceptors (Lipinski definition) is 4. The fourth-order valence-electron chi connectivity index (χ4n) is 2.66. The van der Waals surface area contributed by atoms with Gasteiger partial charge in [-0.3, -0.25) is 9.80 Å². The van der Waals surface area contributed by atoms with E-state index in [0.717, 1.165) is 39.1 Å². The second-order valence-corrected chi connectivity index (χ2v) is 6.65. The van der Waals surface area contributed by atoms with Gasteiger partial charge < -0.3 is 9.47 Å². The minimum Gasteiger partial charge on any atom is -0.492 e. The lowest BCUT2D eigenvalue weighted by Crippen LogP contribution is -2.45. The fourth-order valence-corrected chi connectivity index (χ4v) is 3.12. The molecule has 0 N–H and O–H groups in total. The molecule has 0 bridgehead atoms. The van der Waals surface area contributed by atoms with E-state index < -0.39 is 0 Å². The van der Waals surface area contributed by atoms with Gasteiger partial charge in [0.05, 0.1) is 18.2 Å². The highest BCUT2D eigenvalue weighted by atomic mass is 35.5. The molecule has 0 heterocycles. The molecule has 0 fully saturated rings. The minimum atomic E-state index is 0.119. The Morgan fingerprint density at radius 2 is 1.64 bits per heavy atom. The van der Waals surface area contributed by atoms with Crippen LogP contribution in [0.3, 0.4) is 0 Å². The van der Waals surface area contributed by atoms with Crippen LogP contribution >= 0.6 is 23.2 Å². The summed E-state index contributed by atoms with van der Waals surface area (Å²) in [6.07, 6.45) is 0.934. The van der Waals surface area contributed by atoms with Gasteiger partial charge in [-0.05, 0) is 44.4 Å².